The third-order valence-electron chi connectivity index (χ3n) is 4.32. The molecule has 1 N–H and O–H groups in total. The minimum Gasteiger partial charge on any atom is -0.748 e. The minimum atomic E-state index is -4.11. The Morgan fingerprint density at radius 2 is 1.26 bits per heavy atom. The Balaban J connectivity index is 0. The van der Waals surface area contributed by atoms with Gasteiger partial charge in [-0.25, -0.2) is 8.42 Å². The molecule has 0 saturated heterocycles. The number of aliphatic hydroxyl groups is 1. The zero-order valence-electron chi connectivity index (χ0n) is 15.4. The summed E-state index contributed by atoms with van der Waals surface area (Å²) in [5.41, 5.74) is 0. The predicted molar refractivity (Wildman–Crippen MR) is 90.9 cm³/mol. The standard InChI is InChI=1S/C17H36O4S.Na/c1-3-5-10-13-16(18)14-11-8-6-7-9-12-15-17(4-2)22(19,20)21;/h16-18H,3-15H2,1-2H3,(H,19,20,21);/q;+1/p-1. The molecule has 0 bridgehead atoms. The van der Waals surface area contributed by atoms with E-state index in [2.05, 4.69) is 6.92 Å². The summed E-state index contributed by atoms with van der Waals surface area (Å²) in [6, 6.07) is 0. The van der Waals surface area contributed by atoms with Crippen LogP contribution in [-0.2, 0) is 10.1 Å². The van der Waals surface area contributed by atoms with Crippen LogP contribution in [0.1, 0.15) is 97.3 Å². The van der Waals surface area contributed by atoms with Crippen molar-refractivity contribution in [2.75, 3.05) is 0 Å². The van der Waals surface area contributed by atoms with Gasteiger partial charge >= 0.3 is 29.6 Å². The van der Waals surface area contributed by atoms with E-state index in [-0.39, 0.29) is 35.7 Å². The van der Waals surface area contributed by atoms with Crippen molar-refractivity contribution in [3.05, 3.63) is 0 Å². The van der Waals surface area contributed by atoms with Gasteiger partial charge in [-0.05, 0) is 25.7 Å². The number of aliphatic hydroxyl groups excluding tert-OH is 1. The molecule has 0 spiro atoms. The molecule has 0 radical (unpaired) electrons. The third kappa shape index (κ3) is 16.1. The third-order valence-corrected chi connectivity index (χ3v) is 5.70. The monoisotopic (exact) mass is 358 g/mol. The molecule has 0 saturated carbocycles. The first-order valence-electron chi connectivity index (χ1n) is 9.04. The van der Waals surface area contributed by atoms with Gasteiger partial charge in [-0.2, -0.15) is 0 Å². The van der Waals surface area contributed by atoms with E-state index >= 15 is 0 Å². The molecule has 4 nitrogen and oxygen atoms in total. The predicted octanol–water partition coefficient (Wildman–Crippen LogP) is 1.38. The molecule has 0 amide bonds. The Labute approximate surface area is 165 Å². The van der Waals surface area contributed by atoms with Crippen molar-refractivity contribution >= 4 is 10.1 Å². The average molecular weight is 359 g/mol. The quantitative estimate of drug-likeness (QED) is 0.272. The molecule has 0 aromatic carbocycles. The van der Waals surface area contributed by atoms with E-state index in [9.17, 15) is 18.1 Å². The topological polar surface area (TPSA) is 77.4 Å². The fourth-order valence-corrected chi connectivity index (χ4v) is 3.65. The molecule has 0 aromatic heterocycles. The van der Waals surface area contributed by atoms with Gasteiger partial charge in [0.2, 0.25) is 0 Å². The van der Waals surface area contributed by atoms with Gasteiger partial charge < -0.3 is 9.66 Å². The fraction of sp³-hybridized carbons (Fsp3) is 1.00. The maximum absolute atomic E-state index is 10.9. The Morgan fingerprint density at radius 1 is 0.826 bits per heavy atom. The van der Waals surface area contributed by atoms with Crippen LogP contribution in [0.4, 0.5) is 0 Å². The van der Waals surface area contributed by atoms with Gasteiger partial charge in [0.05, 0.1) is 16.2 Å². The molecule has 0 heterocycles. The largest absolute Gasteiger partial charge is 1.00 e. The van der Waals surface area contributed by atoms with Crippen LogP contribution in [0.2, 0.25) is 0 Å². The molecule has 0 aliphatic heterocycles. The first-order valence-corrected chi connectivity index (χ1v) is 10.5. The van der Waals surface area contributed by atoms with Crippen LogP contribution < -0.4 is 29.6 Å². The number of rotatable bonds is 15. The van der Waals surface area contributed by atoms with E-state index in [1.165, 1.54) is 12.8 Å². The van der Waals surface area contributed by atoms with Crippen molar-refractivity contribution < 1.29 is 47.6 Å². The molecule has 2 unspecified atom stereocenters. The Hall–Kier alpha value is 0.870. The van der Waals surface area contributed by atoms with Crippen LogP contribution in [0.25, 0.3) is 0 Å². The van der Waals surface area contributed by atoms with Crippen molar-refractivity contribution in [2.45, 2.75) is 109 Å². The number of unbranched alkanes of at least 4 members (excludes halogenated alkanes) is 7. The second-order valence-electron chi connectivity index (χ2n) is 6.37. The molecular weight excluding hydrogens is 323 g/mol. The maximum atomic E-state index is 10.9. The summed E-state index contributed by atoms with van der Waals surface area (Å²) in [5.74, 6) is 0. The van der Waals surface area contributed by atoms with Crippen molar-refractivity contribution in [2.24, 2.45) is 0 Å². The first-order chi connectivity index (χ1) is 10.4. The molecular formula is C17H35NaO4S. The smallest absolute Gasteiger partial charge is 0.748 e. The van der Waals surface area contributed by atoms with Crippen LogP contribution in [0.3, 0.4) is 0 Å². The van der Waals surface area contributed by atoms with Gasteiger partial charge in [-0.15, -0.1) is 0 Å². The van der Waals surface area contributed by atoms with Gasteiger partial charge in [0, 0.05) is 5.25 Å². The first kappa shape index (κ1) is 26.1. The summed E-state index contributed by atoms with van der Waals surface area (Å²) in [4.78, 5) is 0. The van der Waals surface area contributed by atoms with Crippen molar-refractivity contribution in [3.8, 4) is 0 Å². The molecule has 0 rings (SSSR count). The van der Waals surface area contributed by atoms with Gasteiger partial charge in [-0.3, -0.25) is 0 Å². The molecule has 2 atom stereocenters. The second kappa shape index (κ2) is 16.3. The molecule has 0 aliphatic carbocycles. The van der Waals surface area contributed by atoms with Gasteiger partial charge in [-0.1, -0.05) is 71.6 Å². The van der Waals surface area contributed by atoms with Crippen LogP contribution in [0.15, 0.2) is 0 Å². The van der Waals surface area contributed by atoms with Crippen LogP contribution in [0, 0.1) is 0 Å². The van der Waals surface area contributed by atoms with E-state index in [1.54, 1.807) is 6.92 Å². The number of hydrogen-bond donors (Lipinski definition) is 1. The summed E-state index contributed by atoms with van der Waals surface area (Å²) in [6.07, 6.45) is 12.3. The van der Waals surface area contributed by atoms with E-state index in [0.717, 1.165) is 57.8 Å². The summed E-state index contributed by atoms with van der Waals surface area (Å²) in [5, 5.41) is 9.09. The van der Waals surface area contributed by atoms with Crippen LogP contribution in [-0.4, -0.2) is 29.4 Å². The normalized spacial score (nSPS) is 14.3. The summed E-state index contributed by atoms with van der Waals surface area (Å²) < 4.78 is 32.8. The Bertz CT molecular complexity index is 347. The van der Waals surface area contributed by atoms with E-state index in [0.29, 0.717) is 12.8 Å². The molecule has 0 fully saturated rings. The van der Waals surface area contributed by atoms with Gasteiger partial charge in [0.1, 0.15) is 0 Å². The van der Waals surface area contributed by atoms with Crippen LogP contribution >= 0.6 is 0 Å². The zero-order chi connectivity index (χ0) is 16.8. The Morgan fingerprint density at radius 3 is 1.70 bits per heavy atom. The molecule has 134 valence electrons. The van der Waals surface area contributed by atoms with E-state index in [1.807, 2.05) is 0 Å². The van der Waals surface area contributed by atoms with Crippen molar-refractivity contribution in [1.29, 1.82) is 0 Å². The van der Waals surface area contributed by atoms with Gasteiger partial charge in [0.15, 0.2) is 0 Å². The fourth-order valence-electron chi connectivity index (χ4n) is 2.79. The van der Waals surface area contributed by atoms with Crippen molar-refractivity contribution in [3.63, 3.8) is 0 Å². The Kier molecular flexibility index (Phi) is 18.5. The molecule has 0 aliphatic rings. The molecule has 0 aromatic rings. The molecule has 23 heavy (non-hydrogen) atoms. The minimum absolute atomic E-state index is 0. The van der Waals surface area contributed by atoms with Crippen LogP contribution in [0.5, 0.6) is 0 Å². The van der Waals surface area contributed by atoms with E-state index in [4.69, 9.17) is 0 Å². The average Bonchev–Trinajstić information content (AvgIpc) is 2.44. The molecule has 6 heteroatoms. The second-order valence-corrected chi connectivity index (χ2v) is 8.02. The SMILES string of the molecule is CCCCCC(O)CCCCCCCCC(CC)S(=O)(=O)[O-].[Na+]. The van der Waals surface area contributed by atoms with E-state index < -0.39 is 15.4 Å². The maximum Gasteiger partial charge on any atom is 1.00 e. The zero-order valence-corrected chi connectivity index (χ0v) is 18.2. The van der Waals surface area contributed by atoms with Gasteiger partial charge in [0.25, 0.3) is 0 Å². The number of hydrogen-bond acceptors (Lipinski definition) is 4. The summed E-state index contributed by atoms with van der Waals surface area (Å²) in [7, 11) is -4.11. The van der Waals surface area contributed by atoms with Crippen molar-refractivity contribution in [1.82, 2.24) is 0 Å². The summed E-state index contributed by atoms with van der Waals surface area (Å²) in [6.45, 7) is 3.92. The summed E-state index contributed by atoms with van der Waals surface area (Å²) >= 11 is 0.